The molecule has 0 aliphatic carbocycles. The van der Waals surface area contributed by atoms with E-state index >= 15 is 0 Å². The molecule has 25 heavy (non-hydrogen) atoms. The highest BCUT2D eigenvalue weighted by Crippen LogP contribution is 2.15. The SMILES string of the molecule is Cc1ccccc1NC(=O)NN=Cc1cccn1-c1ccccc1F. The van der Waals surface area contributed by atoms with E-state index in [0.29, 0.717) is 17.1 Å². The minimum atomic E-state index is -0.449. The fourth-order valence-electron chi connectivity index (χ4n) is 2.39. The van der Waals surface area contributed by atoms with E-state index in [9.17, 15) is 9.18 Å². The van der Waals surface area contributed by atoms with Crippen LogP contribution in [0.2, 0.25) is 0 Å². The normalized spacial score (nSPS) is 10.8. The molecule has 5 nitrogen and oxygen atoms in total. The van der Waals surface area contributed by atoms with E-state index in [-0.39, 0.29) is 5.82 Å². The number of amides is 2. The lowest BCUT2D eigenvalue weighted by atomic mass is 10.2. The van der Waals surface area contributed by atoms with Gasteiger partial charge in [-0.05, 0) is 42.8 Å². The zero-order valence-electron chi connectivity index (χ0n) is 13.6. The Morgan fingerprint density at radius 2 is 1.84 bits per heavy atom. The summed E-state index contributed by atoms with van der Waals surface area (Å²) in [4.78, 5) is 11.9. The van der Waals surface area contributed by atoms with Gasteiger partial charge in [0.1, 0.15) is 5.82 Å². The number of nitrogens with zero attached hydrogens (tertiary/aromatic N) is 2. The zero-order chi connectivity index (χ0) is 17.6. The molecule has 3 aromatic rings. The van der Waals surface area contributed by atoms with Gasteiger partial charge in [0.2, 0.25) is 0 Å². The van der Waals surface area contributed by atoms with Crippen LogP contribution in [0.4, 0.5) is 14.9 Å². The van der Waals surface area contributed by atoms with Crippen molar-refractivity contribution in [1.29, 1.82) is 0 Å². The number of aryl methyl sites for hydroxylation is 1. The van der Waals surface area contributed by atoms with Gasteiger partial charge in [-0.15, -0.1) is 0 Å². The predicted octanol–water partition coefficient (Wildman–Crippen LogP) is 4.08. The van der Waals surface area contributed by atoms with Gasteiger partial charge in [-0.25, -0.2) is 14.6 Å². The Balaban J connectivity index is 1.68. The van der Waals surface area contributed by atoms with Crippen molar-refractivity contribution in [1.82, 2.24) is 9.99 Å². The molecule has 0 spiro atoms. The van der Waals surface area contributed by atoms with Crippen LogP contribution < -0.4 is 10.7 Å². The third kappa shape index (κ3) is 3.92. The first-order chi connectivity index (χ1) is 12.1. The number of benzene rings is 2. The van der Waals surface area contributed by atoms with Crippen molar-refractivity contribution in [3.8, 4) is 5.69 Å². The van der Waals surface area contributed by atoms with Crippen molar-refractivity contribution >= 4 is 17.9 Å². The number of para-hydroxylation sites is 2. The van der Waals surface area contributed by atoms with Crippen molar-refractivity contribution in [2.75, 3.05) is 5.32 Å². The first-order valence-corrected chi connectivity index (χ1v) is 7.73. The summed E-state index contributed by atoms with van der Waals surface area (Å²) in [5.74, 6) is -0.335. The average Bonchev–Trinajstić information content (AvgIpc) is 3.06. The van der Waals surface area contributed by atoms with Crippen LogP contribution in [0.1, 0.15) is 11.3 Å². The second-order valence-electron chi connectivity index (χ2n) is 5.39. The van der Waals surface area contributed by atoms with Gasteiger partial charge in [-0.1, -0.05) is 30.3 Å². The average molecular weight is 336 g/mol. The number of nitrogens with one attached hydrogen (secondary N) is 2. The lowest BCUT2D eigenvalue weighted by molar-refractivity contribution is 0.252. The molecular weight excluding hydrogens is 319 g/mol. The predicted molar refractivity (Wildman–Crippen MR) is 96.7 cm³/mol. The van der Waals surface area contributed by atoms with Gasteiger partial charge < -0.3 is 9.88 Å². The van der Waals surface area contributed by atoms with E-state index in [4.69, 9.17) is 0 Å². The van der Waals surface area contributed by atoms with Crippen LogP contribution >= 0.6 is 0 Å². The van der Waals surface area contributed by atoms with E-state index < -0.39 is 6.03 Å². The molecule has 0 fully saturated rings. The smallest absolute Gasteiger partial charge is 0.313 e. The molecule has 1 heterocycles. The van der Waals surface area contributed by atoms with E-state index in [1.54, 1.807) is 41.1 Å². The number of aromatic nitrogens is 1. The van der Waals surface area contributed by atoms with Gasteiger partial charge in [-0.2, -0.15) is 5.10 Å². The largest absolute Gasteiger partial charge is 0.339 e. The molecule has 2 amide bonds. The molecule has 0 aliphatic rings. The molecular formula is C19H17FN4O. The first kappa shape index (κ1) is 16.4. The van der Waals surface area contributed by atoms with Crippen molar-refractivity contribution in [3.05, 3.63) is 83.9 Å². The number of rotatable bonds is 4. The fraction of sp³-hybridized carbons (Fsp3) is 0.0526. The Morgan fingerprint density at radius 1 is 1.08 bits per heavy atom. The van der Waals surface area contributed by atoms with Crippen molar-refractivity contribution < 1.29 is 9.18 Å². The fourth-order valence-corrected chi connectivity index (χ4v) is 2.39. The molecule has 0 aliphatic heterocycles. The number of urea groups is 1. The molecule has 0 atom stereocenters. The summed E-state index contributed by atoms with van der Waals surface area (Å²) in [6.45, 7) is 1.90. The van der Waals surface area contributed by atoms with Crippen LogP contribution in [0, 0.1) is 12.7 Å². The maximum absolute atomic E-state index is 13.9. The second kappa shape index (κ2) is 7.44. The van der Waals surface area contributed by atoms with Crippen molar-refractivity contribution in [2.45, 2.75) is 6.92 Å². The molecule has 2 N–H and O–H groups in total. The van der Waals surface area contributed by atoms with Gasteiger partial charge >= 0.3 is 6.03 Å². The highest BCUT2D eigenvalue weighted by Gasteiger charge is 2.06. The molecule has 0 saturated heterocycles. The van der Waals surface area contributed by atoms with Crippen LogP contribution in [-0.2, 0) is 0 Å². The number of hydrogen-bond donors (Lipinski definition) is 2. The van der Waals surface area contributed by atoms with Gasteiger partial charge in [0, 0.05) is 11.9 Å². The Hall–Kier alpha value is -3.41. The first-order valence-electron chi connectivity index (χ1n) is 7.73. The molecule has 0 bridgehead atoms. The summed E-state index contributed by atoms with van der Waals surface area (Å²) >= 11 is 0. The van der Waals surface area contributed by atoms with Crippen LogP contribution in [0.25, 0.3) is 5.69 Å². The Labute approximate surface area is 144 Å². The van der Waals surface area contributed by atoms with Crippen molar-refractivity contribution in [3.63, 3.8) is 0 Å². The van der Waals surface area contributed by atoms with E-state index in [1.807, 2.05) is 31.2 Å². The van der Waals surface area contributed by atoms with Crippen molar-refractivity contribution in [2.24, 2.45) is 5.10 Å². The Morgan fingerprint density at radius 3 is 2.64 bits per heavy atom. The monoisotopic (exact) mass is 336 g/mol. The third-order valence-corrected chi connectivity index (χ3v) is 3.65. The number of carbonyl (C=O) groups is 1. The minimum Gasteiger partial charge on any atom is -0.313 e. The number of hydrazone groups is 1. The maximum Gasteiger partial charge on any atom is 0.339 e. The Kier molecular flexibility index (Phi) is 4.89. The highest BCUT2D eigenvalue weighted by molar-refractivity contribution is 5.91. The number of hydrogen-bond acceptors (Lipinski definition) is 2. The van der Waals surface area contributed by atoms with E-state index in [1.165, 1.54) is 12.3 Å². The molecule has 126 valence electrons. The van der Waals surface area contributed by atoms with Gasteiger partial charge in [0.05, 0.1) is 17.6 Å². The molecule has 3 rings (SSSR count). The summed E-state index contributed by atoms with van der Waals surface area (Å²) < 4.78 is 15.6. The zero-order valence-corrected chi connectivity index (χ0v) is 13.6. The molecule has 6 heteroatoms. The summed E-state index contributed by atoms with van der Waals surface area (Å²) in [7, 11) is 0. The number of anilines is 1. The summed E-state index contributed by atoms with van der Waals surface area (Å²) in [6, 6.07) is 17.0. The lowest BCUT2D eigenvalue weighted by Crippen LogP contribution is -2.24. The summed E-state index contributed by atoms with van der Waals surface area (Å²) in [6.07, 6.45) is 3.19. The molecule has 2 aromatic carbocycles. The van der Waals surface area contributed by atoms with Gasteiger partial charge in [-0.3, -0.25) is 0 Å². The van der Waals surface area contributed by atoms with Gasteiger partial charge in [0.15, 0.2) is 0 Å². The molecule has 0 unspecified atom stereocenters. The lowest BCUT2D eigenvalue weighted by Gasteiger charge is -2.08. The number of halogens is 1. The standard InChI is InChI=1S/C19H17FN4O/c1-14-7-2-4-10-17(14)22-19(25)23-21-13-15-8-6-12-24(15)18-11-5-3-9-16(18)20/h2-13H,1H3,(H2,22,23,25). The van der Waals surface area contributed by atoms with Gasteiger partial charge in [0.25, 0.3) is 0 Å². The topological polar surface area (TPSA) is 58.4 Å². The summed E-state index contributed by atoms with van der Waals surface area (Å²) in [5, 5.41) is 6.64. The second-order valence-corrected chi connectivity index (χ2v) is 5.39. The maximum atomic E-state index is 13.9. The minimum absolute atomic E-state index is 0.335. The van der Waals surface area contributed by atoms with Crippen LogP contribution in [-0.4, -0.2) is 16.8 Å². The molecule has 0 radical (unpaired) electrons. The van der Waals surface area contributed by atoms with E-state index in [2.05, 4.69) is 15.8 Å². The summed E-state index contributed by atoms with van der Waals surface area (Å²) in [5.41, 5.74) is 5.12. The number of carbonyl (C=O) groups excluding carboxylic acids is 1. The van der Waals surface area contributed by atoms with Crippen LogP contribution in [0.3, 0.4) is 0 Å². The highest BCUT2D eigenvalue weighted by atomic mass is 19.1. The Bertz CT molecular complexity index is 917. The molecule has 0 saturated carbocycles. The molecule has 1 aromatic heterocycles. The van der Waals surface area contributed by atoms with Crippen LogP contribution in [0.5, 0.6) is 0 Å². The third-order valence-electron chi connectivity index (χ3n) is 3.65. The quantitative estimate of drug-likeness (QED) is 0.547. The van der Waals surface area contributed by atoms with E-state index in [0.717, 1.165) is 5.56 Å². The van der Waals surface area contributed by atoms with Crippen LogP contribution in [0.15, 0.2) is 72.0 Å².